The van der Waals surface area contributed by atoms with Gasteiger partial charge < -0.3 is 23.8 Å². The van der Waals surface area contributed by atoms with Crippen LogP contribution in [-0.4, -0.2) is 48.8 Å². The molecule has 0 fully saturated rings. The van der Waals surface area contributed by atoms with Crippen LogP contribution in [0.3, 0.4) is 0 Å². The van der Waals surface area contributed by atoms with E-state index in [4.69, 9.17) is 18.9 Å². The van der Waals surface area contributed by atoms with Gasteiger partial charge in [0.1, 0.15) is 22.8 Å². The number of fused-ring (bicyclic) bond motifs is 6. The number of halogens is 1. The monoisotopic (exact) mass is 627 g/mol. The minimum Gasteiger partial charge on any atom is -0.480 e. The lowest BCUT2D eigenvalue weighted by Crippen LogP contribution is -2.18. The number of hydrogen-bond donors (Lipinski definition) is 2. The molecule has 0 saturated carbocycles. The third-order valence-electron chi connectivity index (χ3n) is 7.76. The number of sulfonamides is 1. The standard InChI is InChI=1S/C32H26FN5O6S/c1-4-45(40,41)37-23-15-27-20(28(31(39)34-2)30(44-27)17-7-6-12-35-32(17)42-3)13-19(23)22-10-11-26-29(36-22)25-14-18-21(33)8-5-9-24(18)38(25)16-43-26/h5-15,37H,4,16H2,1-3H3,(H,34,39). The molecule has 45 heavy (non-hydrogen) atoms. The van der Waals surface area contributed by atoms with Gasteiger partial charge in [0.25, 0.3) is 5.91 Å². The van der Waals surface area contributed by atoms with Crippen molar-refractivity contribution in [2.24, 2.45) is 0 Å². The highest BCUT2D eigenvalue weighted by Gasteiger charge is 2.28. The first-order chi connectivity index (χ1) is 21.7. The summed E-state index contributed by atoms with van der Waals surface area (Å²) < 4.78 is 62.5. The lowest BCUT2D eigenvalue weighted by molar-refractivity contribution is 0.0964. The number of benzene rings is 2. The molecule has 13 heteroatoms. The average molecular weight is 628 g/mol. The Balaban J connectivity index is 1.49. The van der Waals surface area contributed by atoms with Crippen molar-refractivity contribution in [3.63, 3.8) is 0 Å². The highest BCUT2D eigenvalue weighted by molar-refractivity contribution is 7.92. The Morgan fingerprint density at radius 1 is 1.09 bits per heavy atom. The minimum absolute atomic E-state index is 0.176. The van der Waals surface area contributed by atoms with Crippen molar-refractivity contribution < 1.29 is 31.5 Å². The van der Waals surface area contributed by atoms with E-state index in [1.165, 1.54) is 33.2 Å². The highest BCUT2D eigenvalue weighted by Crippen LogP contribution is 2.43. The Kier molecular flexibility index (Phi) is 6.70. The number of rotatable bonds is 7. The second-order valence-electron chi connectivity index (χ2n) is 10.3. The molecule has 1 aliphatic heterocycles. The van der Waals surface area contributed by atoms with Crippen LogP contribution in [0, 0.1) is 5.82 Å². The van der Waals surface area contributed by atoms with E-state index in [1.807, 2.05) is 4.57 Å². The van der Waals surface area contributed by atoms with Gasteiger partial charge in [-0.3, -0.25) is 9.52 Å². The Morgan fingerprint density at radius 2 is 1.93 bits per heavy atom. The Hall–Kier alpha value is -5.43. The molecular weight excluding hydrogens is 601 g/mol. The van der Waals surface area contributed by atoms with Crippen molar-refractivity contribution in [3.8, 4) is 45.6 Å². The van der Waals surface area contributed by atoms with Gasteiger partial charge in [0, 0.05) is 35.6 Å². The largest absolute Gasteiger partial charge is 0.480 e. The van der Waals surface area contributed by atoms with Crippen molar-refractivity contribution in [3.05, 3.63) is 78.2 Å². The van der Waals surface area contributed by atoms with Crippen LogP contribution >= 0.6 is 0 Å². The van der Waals surface area contributed by atoms with Crippen LogP contribution in [0.4, 0.5) is 10.1 Å². The molecular formula is C32H26FN5O6S. The first-order valence-corrected chi connectivity index (χ1v) is 15.6. The van der Waals surface area contributed by atoms with E-state index in [0.717, 1.165) is 0 Å². The summed E-state index contributed by atoms with van der Waals surface area (Å²) in [6.07, 6.45) is 1.56. The number of carbonyl (C=O) groups excluding carboxylic acids is 1. The lowest BCUT2D eigenvalue weighted by Gasteiger charge is -2.21. The Bertz CT molecular complexity index is 2280. The number of anilines is 1. The maximum absolute atomic E-state index is 14.7. The van der Waals surface area contributed by atoms with Crippen molar-refractivity contribution in [1.82, 2.24) is 19.9 Å². The lowest BCUT2D eigenvalue weighted by atomic mass is 10.0. The van der Waals surface area contributed by atoms with E-state index in [-0.39, 0.29) is 46.8 Å². The van der Waals surface area contributed by atoms with Gasteiger partial charge in [0.05, 0.1) is 46.6 Å². The molecule has 6 aromatic rings. The molecule has 11 nitrogen and oxygen atoms in total. The number of nitrogens with one attached hydrogen (secondary N) is 2. The fourth-order valence-electron chi connectivity index (χ4n) is 5.56. The van der Waals surface area contributed by atoms with Gasteiger partial charge in [-0.25, -0.2) is 22.8 Å². The molecule has 0 bridgehead atoms. The third kappa shape index (κ3) is 4.63. The van der Waals surface area contributed by atoms with Gasteiger partial charge in [-0.1, -0.05) is 6.07 Å². The molecule has 2 N–H and O–H groups in total. The number of nitrogens with zero attached hydrogens (tertiary/aromatic N) is 3. The molecule has 2 aromatic carbocycles. The number of furan rings is 1. The van der Waals surface area contributed by atoms with Crippen molar-refractivity contribution >= 4 is 43.5 Å². The average Bonchev–Trinajstić information content (AvgIpc) is 3.63. The zero-order valence-corrected chi connectivity index (χ0v) is 25.2. The summed E-state index contributed by atoms with van der Waals surface area (Å²) in [5.41, 5.74) is 3.64. The normalized spacial score (nSPS) is 12.4. The van der Waals surface area contributed by atoms with Crippen LogP contribution in [0.1, 0.15) is 17.3 Å². The van der Waals surface area contributed by atoms with E-state index in [2.05, 4.69) is 15.0 Å². The summed E-state index contributed by atoms with van der Waals surface area (Å²) in [4.78, 5) is 22.5. The van der Waals surface area contributed by atoms with E-state index < -0.39 is 15.9 Å². The highest BCUT2D eigenvalue weighted by atomic mass is 32.2. The molecule has 0 aliphatic carbocycles. The van der Waals surface area contributed by atoms with Gasteiger partial charge >= 0.3 is 0 Å². The molecule has 5 heterocycles. The Labute approximate surface area is 256 Å². The maximum Gasteiger partial charge on any atom is 0.255 e. The van der Waals surface area contributed by atoms with Gasteiger partial charge in [0.15, 0.2) is 12.5 Å². The summed E-state index contributed by atoms with van der Waals surface area (Å²) in [5, 5.41) is 3.51. The molecule has 1 amide bonds. The number of aromatic nitrogens is 3. The molecule has 7 rings (SSSR count). The summed E-state index contributed by atoms with van der Waals surface area (Å²) in [6, 6.07) is 16.6. The van der Waals surface area contributed by atoms with E-state index in [1.54, 1.807) is 54.7 Å². The second-order valence-corrected chi connectivity index (χ2v) is 12.3. The number of methoxy groups -OCH3 is 1. The predicted octanol–water partition coefficient (Wildman–Crippen LogP) is 5.80. The number of ether oxygens (including phenoxy) is 2. The topological polar surface area (TPSA) is 138 Å². The summed E-state index contributed by atoms with van der Waals surface area (Å²) in [6.45, 7) is 1.70. The van der Waals surface area contributed by atoms with E-state index in [0.29, 0.717) is 50.2 Å². The fraction of sp³-hybridized carbons (Fsp3) is 0.156. The molecule has 0 atom stereocenters. The third-order valence-corrected chi connectivity index (χ3v) is 9.05. The maximum atomic E-state index is 14.7. The molecule has 1 aliphatic rings. The van der Waals surface area contributed by atoms with Gasteiger partial charge in [0.2, 0.25) is 15.9 Å². The quantitative estimate of drug-likeness (QED) is 0.227. The van der Waals surface area contributed by atoms with E-state index >= 15 is 0 Å². The van der Waals surface area contributed by atoms with Crippen LogP contribution in [-0.2, 0) is 16.8 Å². The fourth-order valence-corrected chi connectivity index (χ4v) is 6.21. The van der Waals surface area contributed by atoms with Crippen LogP contribution in [0.5, 0.6) is 11.6 Å². The van der Waals surface area contributed by atoms with Crippen LogP contribution < -0.4 is 19.5 Å². The molecule has 0 spiro atoms. The van der Waals surface area contributed by atoms with Crippen LogP contribution in [0.2, 0.25) is 0 Å². The number of pyridine rings is 2. The minimum atomic E-state index is -3.75. The molecule has 0 unspecified atom stereocenters. The Morgan fingerprint density at radius 3 is 2.71 bits per heavy atom. The van der Waals surface area contributed by atoms with Crippen LogP contribution in [0.25, 0.3) is 55.8 Å². The van der Waals surface area contributed by atoms with Gasteiger partial charge in [-0.05, 0) is 55.5 Å². The smallest absolute Gasteiger partial charge is 0.255 e. The van der Waals surface area contributed by atoms with Crippen molar-refractivity contribution in [2.75, 3.05) is 24.6 Å². The molecule has 228 valence electrons. The number of carbonyl (C=O) groups is 1. The summed E-state index contributed by atoms with van der Waals surface area (Å²) in [7, 11) is -0.782. The first-order valence-electron chi connectivity index (χ1n) is 14.0. The van der Waals surface area contributed by atoms with Crippen molar-refractivity contribution in [2.45, 2.75) is 13.7 Å². The molecule has 0 radical (unpaired) electrons. The van der Waals surface area contributed by atoms with Gasteiger partial charge in [-0.2, -0.15) is 0 Å². The first kappa shape index (κ1) is 28.3. The van der Waals surface area contributed by atoms with Gasteiger partial charge in [-0.15, -0.1) is 0 Å². The molecule has 4 aromatic heterocycles. The van der Waals surface area contributed by atoms with Crippen molar-refractivity contribution in [1.29, 1.82) is 0 Å². The zero-order chi connectivity index (χ0) is 31.5. The SMILES string of the molecule is CCS(=O)(=O)Nc1cc2oc(-c3cccnc3OC)c(C(=O)NC)c2cc1-c1ccc2c(n1)-c1cc3c(F)cccc3n1CO2. The molecule has 0 saturated heterocycles. The number of hydrogen-bond acceptors (Lipinski definition) is 8. The second kappa shape index (κ2) is 10.6. The zero-order valence-electron chi connectivity index (χ0n) is 24.3. The summed E-state index contributed by atoms with van der Waals surface area (Å²) in [5.74, 6) is -0.0310. The summed E-state index contributed by atoms with van der Waals surface area (Å²) >= 11 is 0. The van der Waals surface area contributed by atoms with E-state index in [9.17, 15) is 17.6 Å². The van der Waals surface area contributed by atoms with Crippen LogP contribution in [0.15, 0.2) is 71.3 Å². The number of amides is 1. The predicted molar refractivity (Wildman–Crippen MR) is 167 cm³/mol.